The standard InChI is InChI=1S/C15H21N5O/c1-9(16)10-2-4-11(5-3-10)15(21)19-13-6-7-17-14-12(13)8-18-20-14/h6-11H,2-5,16H2,1H3,(H2,17,18,19,20,21)/t9-,10?,11?/m1/s1. The number of aromatic nitrogens is 3. The predicted molar refractivity (Wildman–Crippen MR) is 81.6 cm³/mol. The first kappa shape index (κ1) is 14.0. The lowest BCUT2D eigenvalue weighted by molar-refractivity contribution is -0.121. The van der Waals surface area contributed by atoms with Gasteiger partial charge in [0.05, 0.1) is 17.3 Å². The van der Waals surface area contributed by atoms with Crippen molar-refractivity contribution in [3.05, 3.63) is 18.5 Å². The molecule has 1 saturated carbocycles. The minimum absolute atomic E-state index is 0.0788. The van der Waals surface area contributed by atoms with Crippen LogP contribution >= 0.6 is 0 Å². The van der Waals surface area contributed by atoms with E-state index in [4.69, 9.17) is 5.73 Å². The van der Waals surface area contributed by atoms with Crippen molar-refractivity contribution in [2.24, 2.45) is 17.6 Å². The number of pyridine rings is 1. The van der Waals surface area contributed by atoms with Gasteiger partial charge in [0.25, 0.3) is 0 Å². The summed E-state index contributed by atoms with van der Waals surface area (Å²) in [6, 6.07) is 2.03. The van der Waals surface area contributed by atoms with E-state index in [1.807, 2.05) is 6.07 Å². The van der Waals surface area contributed by atoms with Gasteiger partial charge in [-0.1, -0.05) is 0 Å². The second-order valence-electron chi connectivity index (χ2n) is 5.95. The number of hydrogen-bond acceptors (Lipinski definition) is 4. The van der Waals surface area contributed by atoms with E-state index in [1.54, 1.807) is 12.4 Å². The van der Waals surface area contributed by atoms with Gasteiger partial charge in [0.1, 0.15) is 0 Å². The van der Waals surface area contributed by atoms with Gasteiger partial charge in [0.2, 0.25) is 5.91 Å². The van der Waals surface area contributed by atoms with Crippen molar-refractivity contribution in [1.82, 2.24) is 15.2 Å². The van der Waals surface area contributed by atoms with Crippen LogP contribution in [0.2, 0.25) is 0 Å². The Kier molecular flexibility index (Phi) is 3.88. The molecule has 2 heterocycles. The SMILES string of the molecule is C[C@@H](N)C1CCC(C(=O)Nc2ccnc3[nH]ncc23)CC1. The summed E-state index contributed by atoms with van der Waals surface area (Å²) in [4.78, 5) is 16.6. The number of fused-ring (bicyclic) bond motifs is 1. The number of carbonyl (C=O) groups is 1. The lowest BCUT2D eigenvalue weighted by Crippen LogP contribution is -2.33. The fourth-order valence-electron chi connectivity index (χ4n) is 3.10. The number of anilines is 1. The maximum Gasteiger partial charge on any atom is 0.227 e. The van der Waals surface area contributed by atoms with Crippen LogP contribution in [0.25, 0.3) is 11.0 Å². The van der Waals surface area contributed by atoms with Crippen LogP contribution in [0.4, 0.5) is 5.69 Å². The topological polar surface area (TPSA) is 96.7 Å². The molecule has 112 valence electrons. The number of amides is 1. The Morgan fingerprint density at radius 1 is 1.43 bits per heavy atom. The average Bonchev–Trinajstić information content (AvgIpc) is 2.97. The van der Waals surface area contributed by atoms with Crippen LogP contribution < -0.4 is 11.1 Å². The molecule has 6 nitrogen and oxygen atoms in total. The predicted octanol–water partition coefficient (Wildman–Crippen LogP) is 2.05. The van der Waals surface area contributed by atoms with Gasteiger partial charge in [0, 0.05) is 18.2 Å². The summed E-state index contributed by atoms with van der Waals surface area (Å²) in [5.74, 6) is 0.720. The molecule has 1 aliphatic carbocycles. The fraction of sp³-hybridized carbons (Fsp3) is 0.533. The van der Waals surface area contributed by atoms with Crippen LogP contribution in [0.3, 0.4) is 0 Å². The van der Waals surface area contributed by atoms with E-state index in [0.717, 1.165) is 36.8 Å². The number of nitrogens with zero attached hydrogens (tertiary/aromatic N) is 2. The Morgan fingerprint density at radius 2 is 2.19 bits per heavy atom. The summed E-state index contributed by atoms with van der Waals surface area (Å²) in [5, 5.41) is 10.6. The zero-order valence-corrected chi connectivity index (χ0v) is 12.2. The van der Waals surface area contributed by atoms with Crippen LogP contribution in [-0.4, -0.2) is 27.1 Å². The van der Waals surface area contributed by atoms with Crippen LogP contribution in [0, 0.1) is 11.8 Å². The molecule has 21 heavy (non-hydrogen) atoms. The molecule has 1 amide bonds. The first-order valence-corrected chi connectivity index (χ1v) is 7.49. The van der Waals surface area contributed by atoms with Gasteiger partial charge < -0.3 is 11.1 Å². The lowest BCUT2D eigenvalue weighted by Gasteiger charge is -2.30. The molecule has 0 aromatic carbocycles. The molecule has 6 heteroatoms. The summed E-state index contributed by atoms with van der Waals surface area (Å²) < 4.78 is 0. The summed E-state index contributed by atoms with van der Waals surface area (Å²) in [6.07, 6.45) is 7.25. The van der Waals surface area contributed by atoms with Crippen LogP contribution in [0.1, 0.15) is 32.6 Å². The number of carbonyl (C=O) groups excluding carboxylic acids is 1. The van der Waals surface area contributed by atoms with Gasteiger partial charge >= 0.3 is 0 Å². The van der Waals surface area contributed by atoms with Crippen molar-refractivity contribution < 1.29 is 4.79 Å². The highest BCUT2D eigenvalue weighted by atomic mass is 16.1. The number of hydrogen-bond donors (Lipinski definition) is 3. The van der Waals surface area contributed by atoms with Gasteiger partial charge in [0.15, 0.2) is 5.65 Å². The summed E-state index contributed by atoms with van der Waals surface area (Å²) >= 11 is 0. The van der Waals surface area contributed by atoms with Gasteiger partial charge in [-0.3, -0.25) is 9.89 Å². The van der Waals surface area contributed by atoms with Crippen LogP contribution in [-0.2, 0) is 4.79 Å². The number of rotatable bonds is 3. The minimum Gasteiger partial charge on any atom is -0.328 e. The van der Waals surface area contributed by atoms with Gasteiger partial charge in [-0.15, -0.1) is 0 Å². The molecule has 0 bridgehead atoms. The zero-order chi connectivity index (χ0) is 14.8. The zero-order valence-electron chi connectivity index (χ0n) is 12.2. The third kappa shape index (κ3) is 2.90. The Hall–Kier alpha value is -1.95. The smallest absolute Gasteiger partial charge is 0.227 e. The van der Waals surface area contributed by atoms with E-state index >= 15 is 0 Å². The molecule has 1 aliphatic rings. The molecule has 4 N–H and O–H groups in total. The van der Waals surface area contributed by atoms with Crippen LogP contribution in [0.5, 0.6) is 0 Å². The third-order valence-electron chi connectivity index (χ3n) is 4.50. The number of nitrogens with one attached hydrogen (secondary N) is 2. The van der Waals surface area contributed by atoms with E-state index in [2.05, 4.69) is 27.4 Å². The highest BCUT2D eigenvalue weighted by Gasteiger charge is 2.28. The Balaban J connectivity index is 1.66. The maximum atomic E-state index is 12.4. The average molecular weight is 287 g/mol. The van der Waals surface area contributed by atoms with Crippen molar-refractivity contribution in [3.63, 3.8) is 0 Å². The van der Waals surface area contributed by atoms with Crippen LogP contribution in [0.15, 0.2) is 18.5 Å². The summed E-state index contributed by atoms with van der Waals surface area (Å²) in [6.45, 7) is 2.05. The maximum absolute atomic E-state index is 12.4. The Labute approximate surface area is 123 Å². The van der Waals surface area contributed by atoms with E-state index < -0.39 is 0 Å². The first-order valence-electron chi connectivity index (χ1n) is 7.49. The first-order chi connectivity index (χ1) is 10.1. The highest BCUT2D eigenvalue weighted by molar-refractivity contribution is 6.00. The lowest BCUT2D eigenvalue weighted by atomic mass is 9.79. The largest absolute Gasteiger partial charge is 0.328 e. The van der Waals surface area contributed by atoms with Gasteiger partial charge in [-0.25, -0.2) is 4.98 Å². The van der Waals surface area contributed by atoms with Gasteiger partial charge in [-0.05, 0) is 44.6 Å². The van der Waals surface area contributed by atoms with E-state index in [0.29, 0.717) is 11.6 Å². The molecule has 0 unspecified atom stereocenters. The monoisotopic (exact) mass is 287 g/mol. The molecule has 1 fully saturated rings. The molecule has 2 aromatic rings. The molecule has 3 rings (SSSR count). The fourth-order valence-corrected chi connectivity index (χ4v) is 3.10. The molecular formula is C15H21N5O. The van der Waals surface area contributed by atoms with E-state index in [1.165, 1.54) is 0 Å². The number of nitrogens with two attached hydrogens (primary N) is 1. The van der Waals surface area contributed by atoms with Crippen molar-refractivity contribution in [1.29, 1.82) is 0 Å². The summed E-state index contributed by atoms with van der Waals surface area (Å²) in [7, 11) is 0. The molecule has 1 atom stereocenters. The molecule has 0 saturated heterocycles. The minimum atomic E-state index is 0.0788. The van der Waals surface area contributed by atoms with Crippen molar-refractivity contribution in [2.75, 3.05) is 5.32 Å². The number of H-pyrrole nitrogens is 1. The molecule has 2 aromatic heterocycles. The quantitative estimate of drug-likeness (QED) is 0.805. The number of aromatic amines is 1. The Bertz CT molecular complexity index is 628. The van der Waals surface area contributed by atoms with Gasteiger partial charge in [-0.2, -0.15) is 5.10 Å². The molecular weight excluding hydrogens is 266 g/mol. The van der Waals surface area contributed by atoms with Crippen molar-refractivity contribution in [3.8, 4) is 0 Å². The highest BCUT2D eigenvalue weighted by Crippen LogP contribution is 2.31. The Morgan fingerprint density at radius 3 is 2.90 bits per heavy atom. The molecule has 0 aliphatic heterocycles. The molecule has 0 spiro atoms. The van der Waals surface area contributed by atoms with Crippen molar-refractivity contribution >= 4 is 22.6 Å². The van der Waals surface area contributed by atoms with E-state index in [9.17, 15) is 4.79 Å². The second-order valence-corrected chi connectivity index (χ2v) is 5.95. The second kappa shape index (κ2) is 5.81. The van der Waals surface area contributed by atoms with E-state index in [-0.39, 0.29) is 17.9 Å². The molecule has 0 radical (unpaired) electrons. The normalized spacial score (nSPS) is 23.9. The van der Waals surface area contributed by atoms with Crippen molar-refractivity contribution in [2.45, 2.75) is 38.6 Å². The third-order valence-corrected chi connectivity index (χ3v) is 4.50. The summed E-state index contributed by atoms with van der Waals surface area (Å²) in [5.41, 5.74) is 7.40.